The molecule has 1 heterocycles. The third kappa shape index (κ3) is 3.93. The summed E-state index contributed by atoms with van der Waals surface area (Å²) in [7, 11) is 0. The summed E-state index contributed by atoms with van der Waals surface area (Å²) in [4.78, 5) is 17.1. The van der Waals surface area contributed by atoms with Gasteiger partial charge in [0.15, 0.2) is 5.75 Å². The molecular formula is C19H15F3N2O2. The molecule has 26 heavy (non-hydrogen) atoms. The largest absolute Gasteiger partial charge is 0.573 e. The number of alkyl halides is 3. The molecular weight excluding hydrogens is 345 g/mol. The number of anilines is 1. The van der Waals surface area contributed by atoms with E-state index in [4.69, 9.17) is 0 Å². The number of hydrogen-bond donors (Lipinski definition) is 1. The molecule has 2 aromatic carbocycles. The van der Waals surface area contributed by atoms with Gasteiger partial charge in [-0.25, -0.2) is 0 Å². The maximum absolute atomic E-state index is 12.7. The van der Waals surface area contributed by atoms with E-state index in [0.717, 1.165) is 11.6 Å². The monoisotopic (exact) mass is 360 g/mol. The van der Waals surface area contributed by atoms with Crippen LogP contribution in [0.3, 0.4) is 0 Å². The van der Waals surface area contributed by atoms with Crippen molar-refractivity contribution in [1.82, 2.24) is 4.98 Å². The van der Waals surface area contributed by atoms with Crippen molar-refractivity contribution >= 4 is 22.5 Å². The zero-order valence-electron chi connectivity index (χ0n) is 14.0. The zero-order valence-corrected chi connectivity index (χ0v) is 14.0. The number of nitrogens with zero attached hydrogens (tertiary/aromatic N) is 1. The Morgan fingerprint density at radius 3 is 2.54 bits per heavy atom. The average Bonchev–Trinajstić information content (AvgIpc) is 2.55. The summed E-state index contributed by atoms with van der Waals surface area (Å²) < 4.78 is 41.6. The molecule has 134 valence electrons. The van der Waals surface area contributed by atoms with Crippen LogP contribution >= 0.6 is 0 Å². The highest BCUT2D eigenvalue weighted by molar-refractivity contribution is 6.13. The van der Waals surface area contributed by atoms with Gasteiger partial charge in [0.2, 0.25) is 0 Å². The van der Waals surface area contributed by atoms with Crippen LogP contribution in [0, 0.1) is 13.8 Å². The number of amides is 1. The van der Waals surface area contributed by atoms with Crippen molar-refractivity contribution in [1.29, 1.82) is 0 Å². The minimum Gasteiger partial charge on any atom is -0.404 e. The molecule has 3 aromatic rings. The molecule has 0 aliphatic heterocycles. The lowest BCUT2D eigenvalue weighted by molar-refractivity contribution is -0.274. The number of halogens is 3. The average molecular weight is 360 g/mol. The van der Waals surface area contributed by atoms with Gasteiger partial charge in [-0.3, -0.25) is 9.78 Å². The van der Waals surface area contributed by atoms with Crippen molar-refractivity contribution in [3.8, 4) is 5.75 Å². The molecule has 4 nitrogen and oxygen atoms in total. The Balaban J connectivity index is 2.00. The fraction of sp³-hybridized carbons (Fsp3) is 0.158. The van der Waals surface area contributed by atoms with Crippen molar-refractivity contribution in [2.45, 2.75) is 20.2 Å². The molecule has 0 atom stereocenters. The molecule has 0 aliphatic carbocycles. The van der Waals surface area contributed by atoms with Gasteiger partial charge in [-0.05, 0) is 44.2 Å². The third-order valence-corrected chi connectivity index (χ3v) is 3.70. The van der Waals surface area contributed by atoms with E-state index in [-0.39, 0.29) is 5.69 Å². The number of aromatic nitrogens is 1. The number of fused-ring (bicyclic) bond motifs is 1. The first-order valence-corrected chi connectivity index (χ1v) is 7.77. The first-order chi connectivity index (χ1) is 12.2. The van der Waals surface area contributed by atoms with Crippen LogP contribution in [-0.4, -0.2) is 17.3 Å². The van der Waals surface area contributed by atoms with E-state index in [9.17, 15) is 18.0 Å². The van der Waals surface area contributed by atoms with Crippen LogP contribution < -0.4 is 10.1 Å². The Hall–Kier alpha value is -3.09. The van der Waals surface area contributed by atoms with E-state index in [1.54, 1.807) is 19.1 Å². The van der Waals surface area contributed by atoms with Gasteiger partial charge in [-0.15, -0.1) is 13.2 Å². The van der Waals surface area contributed by atoms with Gasteiger partial charge in [-0.2, -0.15) is 0 Å². The van der Waals surface area contributed by atoms with Crippen molar-refractivity contribution in [2.75, 3.05) is 5.32 Å². The highest BCUT2D eigenvalue weighted by Gasteiger charge is 2.32. The molecule has 0 radical (unpaired) electrons. The maximum atomic E-state index is 12.7. The summed E-state index contributed by atoms with van der Waals surface area (Å²) in [5.41, 5.74) is 2.48. The van der Waals surface area contributed by atoms with Crippen LogP contribution in [0.5, 0.6) is 5.75 Å². The number of para-hydroxylation sites is 2. The molecule has 0 spiro atoms. The fourth-order valence-electron chi connectivity index (χ4n) is 2.63. The van der Waals surface area contributed by atoms with Gasteiger partial charge in [-0.1, -0.05) is 23.8 Å². The minimum atomic E-state index is -4.85. The van der Waals surface area contributed by atoms with E-state index in [1.165, 1.54) is 18.2 Å². The second kappa shape index (κ2) is 6.67. The molecule has 0 saturated carbocycles. The van der Waals surface area contributed by atoms with Crippen LogP contribution in [-0.2, 0) is 0 Å². The lowest BCUT2D eigenvalue weighted by Crippen LogP contribution is -2.19. The molecule has 0 fully saturated rings. The summed E-state index contributed by atoms with van der Waals surface area (Å²) in [6.07, 6.45) is -4.85. The predicted octanol–water partition coefficient (Wildman–Crippen LogP) is 5.00. The van der Waals surface area contributed by atoms with Crippen LogP contribution in [0.25, 0.3) is 10.9 Å². The van der Waals surface area contributed by atoms with E-state index in [0.29, 0.717) is 22.2 Å². The predicted molar refractivity (Wildman–Crippen MR) is 92.3 cm³/mol. The second-order valence-corrected chi connectivity index (χ2v) is 5.83. The molecule has 1 aromatic heterocycles. The number of benzene rings is 2. The number of aryl methyl sites for hydroxylation is 2. The number of pyridine rings is 1. The molecule has 0 saturated heterocycles. The van der Waals surface area contributed by atoms with Crippen LogP contribution in [0.15, 0.2) is 48.5 Å². The normalized spacial score (nSPS) is 11.4. The number of carbonyl (C=O) groups is 1. The van der Waals surface area contributed by atoms with Gasteiger partial charge in [0.25, 0.3) is 5.91 Å². The van der Waals surface area contributed by atoms with Crippen LogP contribution in [0.2, 0.25) is 0 Å². The minimum absolute atomic E-state index is 0.0647. The Morgan fingerprint density at radius 1 is 1.08 bits per heavy atom. The molecule has 3 rings (SSSR count). The Labute approximate surface area is 147 Å². The molecule has 0 aliphatic rings. The van der Waals surface area contributed by atoms with Gasteiger partial charge in [0.05, 0.1) is 16.8 Å². The number of ether oxygens (including phenoxy) is 1. The summed E-state index contributed by atoms with van der Waals surface area (Å²) >= 11 is 0. The SMILES string of the molecule is Cc1ccc2nc(C)cc(C(=O)Nc3ccccc3OC(F)(F)F)c2c1. The quantitative estimate of drug-likeness (QED) is 0.715. The number of rotatable bonds is 3. The Bertz CT molecular complexity index is 984. The van der Waals surface area contributed by atoms with E-state index in [1.807, 2.05) is 19.1 Å². The zero-order chi connectivity index (χ0) is 18.9. The number of carbonyl (C=O) groups excluding carboxylic acids is 1. The van der Waals surface area contributed by atoms with Crippen molar-refractivity contribution in [2.24, 2.45) is 0 Å². The maximum Gasteiger partial charge on any atom is 0.573 e. The standard InChI is InChI=1S/C19H15F3N2O2/c1-11-7-8-15-13(9-11)14(10-12(2)23-15)18(25)24-16-5-3-4-6-17(16)26-19(20,21)22/h3-10H,1-2H3,(H,24,25). The highest BCUT2D eigenvalue weighted by Crippen LogP contribution is 2.31. The van der Waals surface area contributed by atoms with Gasteiger partial charge < -0.3 is 10.1 Å². The van der Waals surface area contributed by atoms with E-state index >= 15 is 0 Å². The summed E-state index contributed by atoms with van der Waals surface area (Å²) in [6.45, 7) is 3.63. The summed E-state index contributed by atoms with van der Waals surface area (Å²) in [5.74, 6) is -1.01. The molecule has 1 amide bonds. The summed E-state index contributed by atoms with van der Waals surface area (Å²) in [6, 6.07) is 12.5. The van der Waals surface area contributed by atoms with Crippen LogP contribution in [0.1, 0.15) is 21.6 Å². The van der Waals surface area contributed by atoms with Crippen molar-refractivity contribution in [3.05, 3.63) is 65.4 Å². The highest BCUT2D eigenvalue weighted by atomic mass is 19.4. The Kier molecular flexibility index (Phi) is 4.54. The topological polar surface area (TPSA) is 51.2 Å². The fourth-order valence-corrected chi connectivity index (χ4v) is 2.63. The van der Waals surface area contributed by atoms with Gasteiger partial charge in [0, 0.05) is 11.1 Å². The van der Waals surface area contributed by atoms with Crippen molar-refractivity contribution in [3.63, 3.8) is 0 Å². The summed E-state index contributed by atoms with van der Waals surface area (Å²) in [5, 5.41) is 3.12. The van der Waals surface area contributed by atoms with E-state index < -0.39 is 18.0 Å². The Morgan fingerprint density at radius 2 is 1.81 bits per heavy atom. The second-order valence-electron chi connectivity index (χ2n) is 5.83. The van der Waals surface area contributed by atoms with Gasteiger partial charge >= 0.3 is 6.36 Å². The van der Waals surface area contributed by atoms with Gasteiger partial charge in [0.1, 0.15) is 0 Å². The molecule has 7 heteroatoms. The molecule has 0 unspecified atom stereocenters. The lowest BCUT2D eigenvalue weighted by atomic mass is 10.0. The first kappa shape index (κ1) is 17.7. The van der Waals surface area contributed by atoms with E-state index in [2.05, 4.69) is 15.0 Å². The van der Waals surface area contributed by atoms with Crippen molar-refractivity contribution < 1.29 is 22.7 Å². The molecule has 0 bridgehead atoms. The number of nitrogens with one attached hydrogen (secondary N) is 1. The van der Waals surface area contributed by atoms with Crippen LogP contribution in [0.4, 0.5) is 18.9 Å². The first-order valence-electron chi connectivity index (χ1n) is 7.77. The number of hydrogen-bond acceptors (Lipinski definition) is 3. The smallest absolute Gasteiger partial charge is 0.404 e. The lowest BCUT2D eigenvalue weighted by Gasteiger charge is -2.14. The third-order valence-electron chi connectivity index (χ3n) is 3.70. The molecule has 1 N–H and O–H groups in total.